The van der Waals surface area contributed by atoms with Gasteiger partial charge in [-0.05, 0) is 109 Å². The number of aromatic amines is 1. The average Bonchev–Trinajstić information content (AvgIpc) is 3.66. The van der Waals surface area contributed by atoms with Crippen LogP contribution in [0.3, 0.4) is 0 Å². The number of halogens is 1. The molecule has 49 heavy (non-hydrogen) atoms. The molecule has 14 heteroatoms. The van der Waals surface area contributed by atoms with Crippen molar-refractivity contribution < 1.29 is 24.6 Å². The summed E-state index contributed by atoms with van der Waals surface area (Å²) < 4.78 is 0. The Labute approximate surface area is 290 Å². The summed E-state index contributed by atoms with van der Waals surface area (Å²) in [5.74, 6) is -0.121. The minimum Gasteiger partial charge on any atom is -0.394 e. The van der Waals surface area contributed by atoms with Gasteiger partial charge in [-0.15, -0.1) is 22.6 Å². The number of tetrazole rings is 1. The van der Waals surface area contributed by atoms with Crippen LogP contribution in [0.4, 0.5) is 5.69 Å². The van der Waals surface area contributed by atoms with Crippen LogP contribution in [0.5, 0.6) is 0 Å². The number of nitrogens with two attached hydrogens (primary N) is 1. The van der Waals surface area contributed by atoms with E-state index in [1.807, 2.05) is 37.3 Å². The molecular weight excluding hydrogens is 648 g/mol. The monoisotopic (exact) mass is 690 g/mol. The molecule has 1 aliphatic carbocycles. The number of nitrogens with one attached hydrogen (secondary N) is 4. The largest absolute Gasteiger partial charge is 0.394 e. The Kier molecular flexibility index (Phi) is 13.4. The highest BCUT2D eigenvalue weighted by molar-refractivity contribution is 5.98. The van der Waals surface area contributed by atoms with E-state index >= 15 is 0 Å². The summed E-state index contributed by atoms with van der Waals surface area (Å²) in [5.41, 5.74) is 11.2. The first-order valence-electron chi connectivity index (χ1n) is 16.2. The highest BCUT2D eigenvalue weighted by atomic mass is 35.5. The molecule has 1 atom stereocenters. The average molecular weight is 691 g/mol. The molecule has 5 rings (SSSR count). The zero-order chi connectivity index (χ0) is 34.0. The number of aryl methyl sites for hydroxylation is 1. The second-order valence-corrected chi connectivity index (χ2v) is 12.3. The minimum atomic E-state index is -0.811. The van der Waals surface area contributed by atoms with Crippen LogP contribution in [0.1, 0.15) is 47.2 Å². The number of benzene rings is 3. The van der Waals surface area contributed by atoms with Crippen molar-refractivity contribution in [2.45, 2.75) is 51.1 Å². The molecule has 3 aromatic carbocycles. The van der Waals surface area contributed by atoms with E-state index in [1.165, 1.54) is 0 Å². The highest BCUT2D eigenvalue weighted by Gasteiger charge is 2.29. The molecule has 0 radical (unpaired) electrons. The molecule has 0 spiro atoms. The number of aliphatic hydroxyl groups excluding tert-OH is 2. The number of carbonyl (C=O) groups is 3. The highest BCUT2D eigenvalue weighted by Crippen LogP contribution is 2.29. The van der Waals surface area contributed by atoms with Crippen LogP contribution in [0.2, 0.25) is 0 Å². The van der Waals surface area contributed by atoms with Gasteiger partial charge in [0.15, 0.2) is 0 Å². The molecule has 3 amide bonds. The molecule has 0 saturated heterocycles. The van der Waals surface area contributed by atoms with Crippen LogP contribution in [-0.4, -0.2) is 80.4 Å². The Hall–Kier alpha value is -4.69. The molecule has 0 aliphatic heterocycles. The maximum absolute atomic E-state index is 13.6. The van der Waals surface area contributed by atoms with Crippen molar-refractivity contribution in [2.24, 2.45) is 17.6 Å². The van der Waals surface area contributed by atoms with Crippen molar-refractivity contribution in [1.82, 2.24) is 31.3 Å². The van der Waals surface area contributed by atoms with E-state index in [0.717, 1.165) is 53.5 Å². The van der Waals surface area contributed by atoms with Gasteiger partial charge in [0.1, 0.15) is 6.04 Å². The second-order valence-electron chi connectivity index (χ2n) is 12.3. The number of hydrogen-bond acceptors (Lipinski definition) is 9. The third-order valence-electron chi connectivity index (χ3n) is 8.91. The molecule has 1 fully saturated rings. The smallest absolute Gasteiger partial charge is 0.251 e. The van der Waals surface area contributed by atoms with Crippen molar-refractivity contribution in [1.29, 1.82) is 0 Å². The van der Waals surface area contributed by atoms with E-state index in [1.54, 1.807) is 36.4 Å². The van der Waals surface area contributed by atoms with E-state index in [2.05, 4.69) is 36.6 Å². The van der Waals surface area contributed by atoms with Crippen LogP contribution in [0.25, 0.3) is 22.5 Å². The molecule has 0 unspecified atom stereocenters. The van der Waals surface area contributed by atoms with Crippen molar-refractivity contribution in [2.75, 3.05) is 25.1 Å². The van der Waals surface area contributed by atoms with Gasteiger partial charge in [0.2, 0.25) is 17.6 Å². The Bertz CT molecular complexity index is 1670. The number of carbonyl (C=O) groups excluding carboxylic acids is 3. The Morgan fingerprint density at radius 3 is 2.18 bits per heavy atom. The van der Waals surface area contributed by atoms with Gasteiger partial charge in [-0.2, -0.15) is 5.21 Å². The third-order valence-corrected chi connectivity index (χ3v) is 8.91. The van der Waals surface area contributed by atoms with E-state index < -0.39 is 12.1 Å². The number of H-pyrrole nitrogens is 1. The Morgan fingerprint density at radius 1 is 0.918 bits per heavy atom. The van der Waals surface area contributed by atoms with Crippen LogP contribution < -0.4 is 21.7 Å². The van der Waals surface area contributed by atoms with Gasteiger partial charge in [0.05, 0.1) is 19.3 Å². The zero-order valence-electron chi connectivity index (χ0n) is 27.3. The minimum absolute atomic E-state index is 0. The fraction of sp³-hybridized carbons (Fsp3) is 0.371. The third kappa shape index (κ3) is 9.70. The van der Waals surface area contributed by atoms with Crippen molar-refractivity contribution in [3.8, 4) is 22.5 Å². The summed E-state index contributed by atoms with van der Waals surface area (Å²) >= 11 is 0. The van der Waals surface area contributed by atoms with Gasteiger partial charge in [0.25, 0.3) is 5.91 Å². The molecule has 1 saturated carbocycles. The fourth-order valence-electron chi connectivity index (χ4n) is 5.98. The summed E-state index contributed by atoms with van der Waals surface area (Å²) in [5, 5.41) is 41.1. The molecule has 13 nitrogen and oxygen atoms in total. The first kappa shape index (κ1) is 37.1. The SMILES string of the molecule is Cc1cc(C(=O)NC(CO)CO)ccc1-c1ccc(C[C@H](NC(=O)C2CCC(CN)CC2)C(=O)Nc2ccc(-c3nn[nH]n3)cc2)cc1.Cl. The predicted molar refractivity (Wildman–Crippen MR) is 188 cm³/mol. The van der Waals surface area contributed by atoms with Gasteiger partial charge in [-0.25, -0.2) is 0 Å². The summed E-state index contributed by atoms with van der Waals surface area (Å²) in [6.45, 7) is 1.81. The summed E-state index contributed by atoms with van der Waals surface area (Å²) in [7, 11) is 0. The van der Waals surface area contributed by atoms with Gasteiger partial charge in [-0.3, -0.25) is 14.4 Å². The molecule has 4 aromatic rings. The lowest BCUT2D eigenvalue weighted by atomic mass is 9.81. The van der Waals surface area contributed by atoms with Crippen molar-refractivity contribution >= 4 is 35.8 Å². The number of aliphatic hydroxyl groups is 2. The Morgan fingerprint density at radius 2 is 1.59 bits per heavy atom. The van der Waals surface area contributed by atoms with Crippen molar-refractivity contribution in [3.05, 3.63) is 83.4 Å². The first-order valence-corrected chi connectivity index (χ1v) is 16.2. The van der Waals surface area contributed by atoms with E-state index in [4.69, 9.17) is 5.73 Å². The molecule has 1 heterocycles. The number of rotatable bonds is 13. The summed E-state index contributed by atoms with van der Waals surface area (Å²) in [6, 6.07) is 18.6. The van der Waals surface area contributed by atoms with E-state index in [-0.39, 0.29) is 55.7 Å². The maximum atomic E-state index is 13.6. The van der Waals surface area contributed by atoms with Gasteiger partial charge < -0.3 is 31.9 Å². The van der Waals surface area contributed by atoms with Crippen LogP contribution in [-0.2, 0) is 16.0 Å². The van der Waals surface area contributed by atoms with Crippen LogP contribution >= 0.6 is 12.4 Å². The molecule has 1 aromatic heterocycles. The summed E-state index contributed by atoms with van der Waals surface area (Å²) in [6.07, 6.45) is 3.58. The molecule has 8 N–H and O–H groups in total. The standard InChI is InChI=1S/C35H42N8O5.ClH/c1-21-16-27(34(47)38-29(19-44)20-45)12-15-30(21)24-6-2-22(3-7-24)17-31(39-33(46)26-8-4-23(18-36)5-9-26)35(48)37-28-13-10-25(11-14-28)32-40-42-43-41-32;/h2-3,6-7,10-16,23,26,29,31,44-45H,4-5,8-9,17-20,36H2,1H3,(H,37,48)(H,38,47)(H,39,46)(H,40,41,42,43);1H/t23?,26?,31-;/m0./s1. The number of hydrogen-bond donors (Lipinski definition) is 7. The number of anilines is 1. The molecule has 260 valence electrons. The fourth-order valence-corrected chi connectivity index (χ4v) is 5.98. The topological polar surface area (TPSA) is 208 Å². The molecule has 1 aliphatic rings. The number of aromatic nitrogens is 4. The maximum Gasteiger partial charge on any atom is 0.251 e. The zero-order valence-corrected chi connectivity index (χ0v) is 28.1. The van der Waals surface area contributed by atoms with E-state index in [0.29, 0.717) is 29.5 Å². The number of amides is 3. The van der Waals surface area contributed by atoms with Gasteiger partial charge in [-0.1, -0.05) is 30.3 Å². The van der Waals surface area contributed by atoms with E-state index in [9.17, 15) is 24.6 Å². The predicted octanol–water partition coefficient (Wildman–Crippen LogP) is 2.78. The van der Waals surface area contributed by atoms with Gasteiger partial charge in [0, 0.05) is 29.2 Å². The van der Waals surface area contributed by atoms with Crippen LogP contribution in [0, 0.1) is 18.8 Å². The normalized spacial score (nSPS) is 16.3. The van der Waals surface area contributed by atoms with Crippen LogP contribution in [0.15, 0.2) is 66.7 Å². The van der Waals surface area contributed by atoms with Crippen molar-refractivity contribution in [3.63, 3.8) is 0 Å². The quantitative estimate of drug-likeness (QED) is 0.110. The lowest BCUT2D eigenvalue weighted by Crippen LogP contribution is -2.48. The number of nitrogens with zero attached hydrogens (tertiary/aromatic N) is 3. The van der Waals surface area contributed by atoms with Gasteiger partial charge >= 0.3 is 0 Å². The molecule has 0 bridgehead atoms. The lowest BCUT2D eigenvalue weighted by Gasteiger charge is -2.28. The molecular formula is C35H43ClN8O5. The first-order chi connectivity index (χ1) is 23.3. The summed E-state index contributed by atoms with van der Waals surface area (Å²) in [4.78, 5) is 39.6. The second kappa shape index (κ2) is 17.6. The Balaban J connectivity index is 0.00000541. The lowest BCUT2D eigenvalue weighted by molar-refractivity contribution is -0.130.